The van der Waals surface area contributed by atoms with Crippen LogP contribution in [0.4, 0.5) is 13.2 Å². The van der Waals surface area contributed by atoms with Crippen molar-refractivity contribution in [1.29, 1.82) is 5.26 Å². The number of hydrogen-bond acceptors (Lipinski definition) is 4. The minimum Gasteiger partial charge on any atom is -0.379 e. The van der Waals surface area contributed by atoms with E-state index in [-0.39, 0.29) is 10.7 Å². The molecular weight excluding hydrogens is 391 g/mol. The van der Waals surface area contributed by atoms with Gasteiger partial charge in [-0.3, -0.25) is 9.88 Å². The molecular formula is C20H17ClF3N3O. The molecule has 0 saturated carbocycles. The molecule has 0 amide bonds. The highest BCUT2D eigenvalue weighted by Gasteiger charge is 2.42. The number of pyridine rings is 1. The molecule has 4 nitrogen and oxygen atoms in total. The van der Waals surface area contributed by atoms with Crippen LogP contribution < -0.4 is 0 Å². The smallest absolute Gasteiger partial charge is 0.379 e. The van der Waals surface area contributed by atoms with E-state index in [9.17, 15) is 18.4 Å². The van der Waals surface area contributed by atoms with Gasteiger partial charge in [-0.05, 0) is 17.7 Å². The number of aromatic nitrogens is 1. The highest BCUT2D eigenvalue weighted by molar-refractivity contribution is 6.31. The largest absolute Gasteiger partial charge is 0.417 e. The van der Waals surface area contributed by atoms with Gasteiger partial charge in [-0.1, -0.05) is 48.0 Å². The van der Waals surface area contributed by atoms with Crippen LogP contribution in [-0.4, -0.2) is 36.2 Å². The van der Waals surface area contributed by atoms with Crippen molar-refractivity contribution in [2.24, 2.45) is 0 Å². The van der Waals surface area contributed by atoms with Crippen LogP contribution in [0.25, 0.3) is 6.08 Å². The number of halogens is 4. The highest BCUT2D eigenvalue weighted by atomic mass is 35.5. The normalized spacial score (nSPS) is 18.0. The van der Waals surface area contributed by atoms with Crippen molar-refractivity contribution >= 4 is 17.7 Å². The molecule has 1 atom stereocenters. The van der Waals surface area contributed by atoms with Crippen LogP contribution in [0.1, 0.15) is 16.8 Å². The molecule has 0 bridgehead atoms. The zero-order chi connectivity index (χ0) is 20.2. The van der Waals surface area contributed by atoms with Crippen molar-refractivity contribution in [3.8, 4) is 6.07 Å². The van der Waals surface area contributed by atoms with Crippen molar-refractivity contribution in [2.45, 2.75) is 11.7 Å². The molecule has 1 aliphatic heterocycles. The molecule has 1 fully saturated rings. The summed E-state index contributed by atoms with van der Waals surface area (Å²) >= 11 is 6.19. The average Bonchev–Trinajstić information content (AvgIpc) is 2.70. The summed E-state index contributed by atoms with van der Waals surface area (Å²) in [6.07, 6.45) is -0.475. The average molecular weight is 408 g/mol. The number of hydrogen-bond donors (Lipinski definition) is 0. The van der Waals surface area contributed by atoms with Gasteiger partial charge in [0.1, 0.15) is 0 Å². The van der Waals surface area contributed by atoms with Crippen LogP contribution in [0, 0.1) is 11.3 Å². The Balaban J connectivity index is 2.10. The predicted octanol–water partition coefficient (Wildman–Crippen LogP) is 4.52. The first-order valence-electron chi connectivity index (χ1n) is 8.58. The first-order chi connectivity index (χ1) is 13.4. The van der Waals surface area contributed by atoms with Gasteiger partial charge in [0.2, 0.25) is 0 Å². The van der Waals surface area contributed by atoms with Crippen LogP contribution in [0.3, 0.4) is 0 Å². The Morgan fingerprint density at radius 3 is 2.43 bits per heavy atom. The van der Waals surface area contributed by atoms with E-state index in [1.807, 2.05) is 35.2 Å². The highest BCUT2D eigenvalue weighted by Crippen LogP contribution is 2.37. The van der Waals surface area contributed by atoms with Crippen molar-refractivity contribution in [3.63, 3.8) is 0 Å². The molecule has 0 unspecified atom stereocenters. The Labute approximate surface area is 165 Å². The number of nitriles is 1. The Morgan fingerprint density at radius 2 is 1.86 bits per heavy atom. The lowest BCUT2D eigenvalue weighted by molar-refractivity contribution is -0.137. The van der Waals surface area contributed by atoms with E-state index in [1.54, 1.807) is 12.2 Å². The standard InChI is InChI=1S/C20H17ClF3N3O/c21-17-12-16(20(22,23)24)13-26-18(17)19(14-25,27-8-10-28-11-9-27)7-6-15-4-2-1-3-5-15/h1-7,12-13H,8-11H2/b7-6+/t19-/m0/s1. The van der Waals surface area contributed by atoms with E-state index in [0.717, 1.165) is 11.6 Å². The number of morpholine rings is 1. The number of ether oxygens (including phenoxy) is 1. The number of rotatable bonds is 4. The van der Waals surface area contributed by atoms with E-state index < -0.39 is 17.3 Å². The molecule has 146 valence electrons. The summed E-state index contributed by atoms with van der Waals surface area (Å²) in [6.45, 7) is 1.65. The maximum Gasteiger partial charge on any atom is 0.417 e. The lowest BCUT2D eigenvalue weighted by Gasteiger charge is -2.39. The van der Waals surface area contributed by atoms with Gasteiger partial charge in [0.15, 0.2) is 5.54 Å². The molecule has 1 saturated heterocycles. The van der Waals surface area contributed by atoms with Crippen molar-refractivity contribution in [3.05, 3.63) is 70.5 Å². The predicted molar refractivity (Wildman–Crippen MR) is 99.4 cm³/mol. The van der Waals surface area contributed by atoms with Crippen molar-refractivity contribution in [2.75, 3.05) is 26.3 Å². The SMILES string of the molecule is N#C[C@@](/C=C/c1ccccc1)(c1ncc(C(F)(F)F)cc1Cl)N1CCOCC1. The van der Waals surface area contributed by atoms with Gasteiger partial charge >= 0.3 is 6.18 Å². The minimum atomic E-state index is -4.57. The maximum atomic E-state index is 13.0. The molecule has 0 N–H and O–H groups in total. The molecule has 2 aromatic rings. The third-order valence-electron chi connectivity index (χ3n) is 4.53. The first-order valence-corrected chi connectivity index (χ1v) is 8.96. The molecule has 1 aromatic carbocycles. The van der Waals surface area contributed by atoms with Crippen molar-refractivity contribution < 1.29 is 17.9 Å². The van der Waals surface area contributed by atoms with Gasteiger partial charge in [0, 0.05) is 19.3 Å². The summed E-state index contributed by atoms with van der Waals surface area (Å²) in [5.41, 5.74) is -1.46. The molecule has 8 heteroatoms. The fourth-order valence-electron chi connectivity index (χ4n) is 3.07. The molecule has 28 heavy (non-hydrogen) atoms. The molecule has 2 heterocycles. The van der Waals surface area contributed by atoms with E-state index in [1.165, 1.54) is 0 Å². The van der Waals surface area contributed by atoms with Gasteiger partial charge in [-0.2, -0.15) is 18.4 Å². The third-order valence-corrected chi connectivity index (χ3v) is 4.81. The van der Waals surface area contributed by atoms with Gasteiger partial charge < -0.3 is 4.74 Å². The van der Waals surface area contributed by atoms with Crippen LogP contribution in [0.5, 0.6) is 0 Å². The molecule has 3 rings (SSSR count). The Hall–Kier alpha value is -2.40. The van der Waals surface area contributed by atoms with Gasteiger partial charge in [-0.15, -0.1) is 0 Å². The lowest BCUT2D eigenvalue weighted by Crippen LogP contribution is -2.50. The Bertz CT molecular complexity index is 890. The zero-order valence-corrected chi connectivity index (χ0v) is 15.5. The number of benzene rings is 1. The van der Waals surface area contributed by atoms with Gasteiger partial charge in [-0.25, -0.2) is 0 Å². The number of alkyl halides is 3. The summed E-state index contributed by atoms with van der Waals surface area (Å²) in [4.78, 5) is 5.78. The third kappa shape index (κ3) is 4.20. The zero-order valence-electron chi connectivity index (χ0n) is 14.8. The lowest BCUT2D eigenvalue weighted by atomic mass is 9.91. The fraction of sp³-hybridized carbons (Fsp3) is 0.300. The second-order valence-corrected chi connectivity index (χ2v) is 6.68. The second kappa shape index (κ2) is 8.31. The van der Waals surface area contributed by atoms with Crippen LogP contribution >= 0.6 is 11.6 Å². The Morgan fingerprint density at radius 1 is 1.18 bits per heavy atom. The van der Waals surface area contributed by atoms with E-state index in [4.69, 9.17) is 16.3 Å². The van der Waals surface area contributed by atoms with Crippen LogP contribution in [0.15, 0.2) is 48.7 Å². The molecule has 1 aromatic heterocycles. The summed E-state index contributed by atoms with van der Waals surface area (Å²) in [5, 5.41) is 9.90. The molecule has 0 radical (unpaired) electrons. The molecule has 1 aliphatic rings. The molecule has 0 spiro atoms. The number of nitrogens with zero attached hydrogens (tertiary/aromatic N) is 3. The van der Waals surface area contributed by atoms with Crippen molar-refractivity contribution in [1.82, 2.24) is 9.88 Å². The summed E-state index contributed by atoms with van der Waals surface area (Å²) in [5.74, 6) is 0. The summed E-state index contributed by atoms with van der Waals surface area (Å²) in [6, 6.07) is 12.3. The van der Waals surface area contributed by atoms with E-state index >= 15 is 0 Å². The van der Waals surface area contributed by atoms with Crippen LogP contribution in [-0.2, 0) is 16.5 Å². The fourth-order valence-corrected chi connectivity index (χ4v) is 3.38. The first kappa shape index (κ1) is 20.3. The topological polar surface area (TPSA) is 49.2 Å². The van der Waals surface area contributed by atoms with E-state index in [0.29, 0.717) is 32.5 Å². The Kier molecular flexibility index (Phi) is 6.04. The van der Waals surface area contributed by atoms with E-state index in [2.05, 4.69) is 11.1 Å². The molecule has 0 aliphatic carbocycles. The van der Waals surface area contributed by atoms with Crippen LogP contribution in [0.2, 0.25) is 5.02 Å². The van der Waals surface area contributed by atoms with Gasteiger partial charge in [0.05, 0.1) is 35.6 Å². The summed E-state index contributed by atoms with van der Waals surface area (Å²) in [7, 11) is 0. The van der Waals surface area contributed by atoms with Gasteiger partial charge in [0.25, 0.3) is 0 Å². The quantitative estimate of drug-likeness (QED) is 0.747. The summed E-state index contributed by atoms with van der Waals surface area (Å²) < 4.78 is 44.3. The minimum absolute atomic E-state index is 0.0683. The maximum absolute atomic E-state index is 13.0. The monoisotopic (exact) mass is 407 g/mol. The second-order valence-electron chi connectivity index (χ2n) is 6.27.